The minimum absolute atomic E-state index is 0.0961. The Bertz CT molecular complexity index is 1110. The summed E-state index contributed by atoms with van der Waals surface area (Å²) in [5.74, 6) is 2.40. The molecule has 178 valence electrons. The molecule has 0 saturated carbocycles. The molecular formula is C30H35NO3. The van der Waals surface area contributed by atoms with Gasteiger partial charge in [-0.1, -0.05) is 36.8 Å². The molecule has 2 aliphatic heterocycles. The van der Waals surface area contributed by atoms with Gasteiger partial charge in [0.05, 0.1) is 0 Å². The van der Waals surface area contributed by atoms with E-state index in [9.17, 15) is 5.11 Å². The van der Waals surface area contributed by atoms with Crippen molar-refractivity contribution in [3.05, 3.63) is 83.1 Å². The van der Waals surface area contributed by atoms with Crippen LogP contribution in [-0.4, -0.2) is 42.4 Å². The van der Waals surface area contributed by atoms with Gasteiger partial charge in [-0.05, 0) is 93.3 Å². The highest BCUT2D eigenvalue weighted by Gasteiger charge is 2.33. The lowest BCUT2D eigenvalue weighted by atomic mass is 9.81. The van der Waals surface area contributed by atoms with Gasteiger partial charge in [0.1, 0.15) is 30.0 Å². The number of ether oxygens (including phenoxy) is 2. The van der Waals surface area contributed by atoms with Crippen LogP contribution in [0.25, 0.3) is 11.1 Å². The number of fused-ring (bicyclic) bond motifs is 1. The number of rotatable bonds is 6. The number of allylic oxidation sites excluding steroid dienone is 3. The number of hydrogen-bond acceptors (Lipinski definition) is 4. The summed E-state index contributed by atoms with van der Waals surface area (Å²) in [7, 11) is 0. The van der Waals surface area contributed by atoms with Crippen molar-refractivity contribution >= 4 is 11.1 Å². The summed E-state index contributed by atoms with van der Waals surface area (Å²) in [6.07, 6.45) is 11.3. The molecule has 34 heavy (non-hydrogen) atoms. The minimum Gasteiger partial charge on any atom is -0.508 e. The van der Waals surface area contributed by atoms with Crippen LogP contribution in [0.15, 0.2) is 66.5 Å². The van der Waals surface area contributed by atoms with Crippen molar-refractivity contribution < 1.29 is 14.6 Å². The first kappa shape index (κ1) is 22.8. The number of likely N-dealkylation sites (tertiary alicyclic amines) is 1. The number of nitrogens with zero attached hydrogens (tertiary/aromatic N) is 1. The zero-order valence-corrected chi connectivity index (χ0v) is 20.3. The summed E-state index contributed by atoms with van der Waals surface area (Å²) in [6, 6.07) is 13.9. The number of phenols is 1. The number of aryl methyl sites for hydroxylation is 1. The molecule has 1 aliphatic carbocycles. The quantitative estimate of drug-likeness (QED) is 0.548. The summed E-state index contributed by atoms with van der Waals surface area (Å²) in [5, 5.41) is 9.82. The number of hydrogen-bond donors (Lipinski definition) is 1. The normalized spacial score (nSPS) is 22.7. The third-order valence-electron chi connectivity index (χ3n) is 7.27. The van der Waals surface area contributed by atoms with Crippen molar-refractivity contribution in [3.63, 3.8) is 0 Å². The van der Waals surface area contributed by atoms with Gasteiger partial charge >= 0.3 is 0 Å². The van der Waals surface area contributed by atoms with E-state index in [1.54, 1.807) is 12.1 Å². The smallest absolute Gasteiger partial charge is 0.131 e. The van der Waals surface area contributed by atoms with Crippen LogP contribution in [-0.2, 0) is 4.74 Å². The van der Waals surface area contributed by atoms with Gasteiger partial charge in [0.2, 0.25) is 0 Å². The van der Waals surface area contributed by atoms with Crippen molar-refractivity contribution in [2.24, 2.45) is 5.92 Å². The van der Waals surface area contributed by atoms with Gasteiger partial charge in [0, 0.05) is 23.6 Å². The molecule has 1 N–H and O–H groups in total. The molecule has 2 aromatic rings. The molecule has 1 saturated heterocycles. The predicted octanol–water partition coefficient (Wildman–Crippen LogP) is 6.35. The van der Waals surface area contributed by atoms with E-state index >= 15 is 0 Å². The largest absolute Gasteiger partial charge is 0.508 e. The van der Waals surface area contributed by atoms with Crippen LogP contribution in [0.5, 0.6) is 11.5 Å². The van der Waals surface area contributed by atoms with E-state index in [-0.39, 0.29) is 17.8 Å². The standard InChI is InChI=1S/C30H35NO3/c1-21-6-15-27-22(2)29(23-7-11-25(32)12-8-23)30(34-28(27)20-21)24-9-13-26(14-10-24)33-19-18-31-16-4-3-5-17-31/h6-9,11-15,20,24,30,32H,3-5,10,16-19H2,1-2H3/t24?,30-/m0/s1. The second-order valence-corrected chi connectivity index (χ2v) is 9.74. The molecule has 4 nitrogen and oxygen atoms in total. The number of phenolic OH excluding ortho intramolecular Hbond substituents is 1. The van der Waals surface area contributed by atoms with Crippen molar-refractivity contribution in [1.29, 1.82) is 0 Å². The Morgan fingerprint density at radius 1 is 1.03 bits per heavy atom. The number of aromatic hydroxyl groups is 1. The van der Waals surface area contributed by atoms with Crippen molar-refractivity contribution in [3.8, 4) is 11.5 Å². The summed E-state index contributed by atoms with van der Waals surface area (Å²) in [4.78, 5) is 2.51. The van der Waals surface area contributed by atoms with Crippen molar-refractivity contribution in [1.82, 2.24) is 4.90 Å². The SMILES string of the molecule is CC1=C(c2ccc(O)cc2)[C@H](C2C=CC(OCCN3CCCCC3)=CC2)Oc2cc(C)ccc21. The molecule has 0 spiro atoms. The second kappa shape index (κ2) is 10.1. The lowest BCUT2D eigenvalue weighted by Gasteiger charge is -2.35. The zero-order valence-electron chi connectivity index (χ0n) is 20.3. The van der Waals surface area contributed by atoms with Gasteiger partial charge in [-0.15, -0.1) is 0 Å². The molecule has 0 aromatic heterocycles. The zero-order chi connectivity index (χ0) is 23.5. The monoisotopic (exact) mass is 457 g/mol. The van der Waals surface area contributed by atoms with E-state index < -0.39 is 0 Å². The predicted molar refractivity (Wildman–Crippen MR) is 138 cm³/mol. The number of piperidine rings is 1. The fourth-order valence-corrected chi connectivity index (χ4v) is 5.34. The van der Waals surface area contributed by atoms with E-state index in [2.05, 4.69) is 55.2 Å². The van der Waals surface area contributed by atoms with E-state index in [1.807, 2.05) is 12.1 Å². The molecule has 4 heteroatoms. The van der Waals surface area contributed by atoms with E-state index in [1.165, 1.54) is 49.1 Å². The van der Waals surface area contributed by atoms with Crippen LogP contribution in [0.1, 0.15) is 49.3 Å². The highest BCUT2D eigenvalue weighted by atomic mass is 16.5. The molecular weight excluding hydrogens is 422 g/mol. The Morgan fingerprint density at radius 3 is 2.56 bits per heavy atom. The molecule has 2 aromatic carbocycles. The van der Waals surface area contributed by atoms with Gasteiger partial charge in [0.15, 0.2) is 0 Å². The maximum Gasteiger partial charge on any atom is 0.131 e. The lowest BCUT2D eigenvalue weighted by Crippen LogP contribution is -2.33. The molecule has 0 amide bonds. The summed E-state index contributed by atoms with van der Waals surface area (Å²) in [5.41, 5.74) is 5.85. The maximum absolute atomic E-state index is 9.82. The first-order chi connectivity index (χ1) is 16.6. The van der Waals surface area contributed by atoms with E-state index in [4.69, 9.17) is 9.47 Å². The topological polar surface area (TPSA) is 41.9 Å². The highest BCUT2D eigenvalue weighted by Crippen LogP contribution is 2.44. The Balaban J connectivity index is 1.33. The molecule has 0 radical (unpaired) electrons. The van der Waals surface area contributed by atoms with Crippen LogP contribution >= 0.6 is 0 Å². The average Bonchev–Trinajstić information content (AvgIpc) is 2.86. The number of benzene rings is 2. The van der Waals surface area contributed by atoms with Gasteiger partial charge in [-0.2, -0.15) is 0 Å². The second-order valence-electron chi connectivity index (χ2n) is 9.74. The first-order valence-electron chi connectivity index (χ1n) is 12.6. The summed E-state index contributed by atoms with van der Waals surface area (Å²) >= 11 is 0. The molecule has 1 unspecified atom stereocenters. The third-order valence-corrected chi connectivity index (χ3v) is 7.27. The molecule has 5 rings (SSSR count). The summed E-state index contributed by atoms with van der Waals surface area (Å²) < 4.78 is 12.8. The highest BCUT2D eigenvalue weighted by molar-refractivity contribution is 5.95. The molecule has 2 atom stereocenters. The Morgan fingerprint density at radius 2 is 1.82 bits per heavy atom. The van der Waals surface area contributed by atoms with Crippen molar-refractivity contribution in [2.45, 2.75) is 45.6 Å². The van der Waals surface area contributed by atoms with Crippen LogP contribution in [0.2, 0.25) is 0 Å². The van der Waals surface area contributed by atoms with Gasteiger partial charge in [0.25, 0.3) is 0 Å². The van der Waals surface area contributed by atoms with Gasteiger partial charge in [-0.3, -0.25) is 4.90 Å². The van der Waals surface area contributed by atoms with E-state index in [0.717, 1.165) is 42.2 Å². The Kier molecular flexibility index (Phi) is 6.77. The van der Waals surface area contributed by atoms with Crippen molar-refractivity contribution in [2.75, 3.05) is 26.2 Å². The fourth-order valence-electron chi connectivity index (χ4n) is 5.34. The van der Waals surface area contributed by atoms with Gasteiger partial charge < -0.3 is 14.6 Å². The van der Waals surface area contributed by atoms with Crippen LogP contribution < -0.4 is 4.74 Å². The Labute approximate surface area is 203 Å². The summed E-state index contributed by atoms with van der Waals surface area (Å²) in [6.45, 7) is 8.43. The third kappa shape index (κ3) is 4.92. The van der Waals surface area contributed by atoms with Gasteiger partial charge in [-0.25, -0.2) is 0 Å². The molecule has 3 aliphatic rings. The molecule has 1 fully saturated rings. The lowest BCUT2D eigenvalue weighted by molar-refractivity contribution is 0.146. The van der Waals surface area contributed by atoms with E-state index in [0.29, 0.717) is 0 Å². The Hall–Kier alpha value is -2.98. The molecule has 2 heterocycles. The average molecular weight is 458 g/mol. The van der Waals surface area contributed by atoms with Crippen LogP contribution in [0.4, 0.5) is 0 Å². The maximum atomic E-state index is 9.82. The van der Waals surface area contributed by atoms with Crippen LogP contribution in [0, 0.1) is 12.8 Å². The van der Waals surface area contributed by atoms with Crippen LogP contribution in [0.3, 0.4) is 0 Å². The molecule has 0 bridgehead atoms. The minimum atomic E-state index is -0.0961. The first-order valence-corrected chi connectivity index (χ1v) is 12.6. The fraction of sp³-hybridized carbons (Fsp3) is 0.400.